The van der Waals surface area contributed by atoms with E-state index in [9.17, 15) is 10.4 Å². The Morgan fingerprint density at radius 1 is 1.21 bits per heavy atom. The number of allylic oxidation sites excluding steroid dienone is 1. The molecule has 166 valence electrons. The number of hydrogen-bond acceptors (Lipinski definition) is 9. The lowest BCUT2D eigenvalue weighted by molar-refractivity contribution is 0.0825. The van der Waals surface area contributed by atoms with E-state index in [0.29, 0.717) is 34.1 Å². The molecule has 2 unspecified atom stereocenters. The van der Waals surface area contributed by atoms with Crippen molar-refractivity contribution in [1.82, 2.24) is 19.7 Å². The van der Waals surface area contributed by atoms with Gasteiger partial charge < -0.3 is 19.1 Å². The summed E-state index contributed by atoms with van der Waals surface area (Å²) in [6.45, 7) is 2.14. The van der Waals surface area contributed by atoms with Crippen molar-refractivity contribution in [2.75, 3.05) is 6.61 Å². The third-order valence-corrected chi connectivity index (χ3v) is 7.41. The van der Waals surface area contributed by atoms with Crippen molar-refractivity contribution in [3.63, 3.8) is 0 Å². The Morgan fingerprint density at radius 3 is 2.76 bits per heavy atom. The van der Waals surface area contributed by atoms with Gasteiger partial charge in [-0.2, -0.15) is 5.26 Å². The van der Waals surface area contributed by atoms with Gasteiger partial charge in [-0.15, -0.1) is 21.5 Å². The van der Waals surface area contributed by atoms with Gasteiger partial charge in [0.2, 0.25) is 0 Å². The summed E-state index contributed by atoms with van der Waals surface area (Å²) in [6, 6.07) is 17.2. The Hall–Kier alpha value is -3.55. The number of thiazole rings is 1. The molecule has 0 aliphatic carbocycles. The first-order valence-electron chi connectivity index (χ1n) is 10.2. The number of aliphatic hydroxyl groups excluding tert-OH is 1. The van der Waals surface area contributed by atoms with Gasteiger partial charge in [0.05, 0.1) is 15.5 Å². The summed E-state index contributed by atoms with van der Waals surface area (Å²) in [5.74, 6) is 1.94. The molecule has 1 N–H and O–H groups in total. The van der Waals surface area contributed by atoms with Crippen molar-refractivity contribution in [3.05, 3.63) is 65.1 Å². The zero-order valence-corrected chi connectivity index (χ0v) is 19.4. The number of fused-ring (bicyclic) bond motifs is 2. The van der Waals surface area contributed by atoms with Crippen LogP contribution in [0.15, 0.2) is 59.4 Å². The summed E-state index contributed by atoms with van der Waals surface area (Å²) < 4.78 is 14.6. The van der Waals surface area contributed by atoms with Crippen LogP contribution in [0.25, 0.3) is 15.8 Å². The molecule has 0 amide bonds. The predicted octanol–water partition coefficient (Wildman–Crippen LogP) is 4.91. The number of rotatable bonds is 5. The van der Waals surface area contributed by atoms with Crippen molar-refractivity contribution in [2.45, 2.75) is 23.4 Å². The van der Waals surface area contributed by atoms with E-state index in [4.69, 9.17) is 9.47 Å². The number of thioether (sulfide) groups is 1. The van der Waals surface area contributed by atoms with E-state index < -0.39 is 11.4 Å². The van der Waals surface area contributed by atoms with Crippen LogP contribution in [0.5, 0.6) is 11.5 Å². The first kappa shape index (κ1) is 21.3. The molecule has 0 radical (unpaired) electrons. The highest BCUT2D eigenvalue weighted by Crippen LogP contribution is 2.37. The second-order valence-corrected chi connectivity index (χ2v) is 9.72. The second kappa shape index (κ2) is 8.77. The van der Waals surface area contributed by atoms with Crippen LogP contribution in [0.1, 0.15) is 23.9 Å². The number of ether oxygens (including phenoxy) is 2. The predicted molar refractivity (Wildman–Crippen MR) is 126 cm³/mol. The molecule has 33 heavy (non-hydrogen) atoms. The highest BCUT2D eigenvalue weighted by atomic mass is 32.2. The number of benzene rings is 2. The molecule has 0 spiro atoms. The van der Waals surface area contributed by atoms with E-state index in [2.05, 4.69) is 21.3 Å². The maximum atomic E-state index is 10.9. The van der Waals surface area contributed by atoms with E-state index in [1.807, 2.05) is 67.1 Å². The minimum Gasteiger partial charge on any atom is -0.510 e. The molecule has 1 aliphatic heterocycles. The zero-order chi connectivity index (χ0) is 22.9. The van der Waals surface area contributed by atoms with E-state index in [0.717, 1.165) is 10.2 Å². The smallest absolute Gasteiger partial charge is 0.192 e. The average Bonchev–Trinajstić information content (AvgIpc) is 3.42. The molecule has 0 bridgehead atoms. The highest BCUT2D eigenvalue weighted by molar-refractivity contribution is 7.99. The summed E-state index contributed by atoms with van der Waals surface area (Å²) in [5.41, 5.74) is 0.965. The summed E-state index contributed by atoms with van der Waals surface area (Å²) in [7, 11) is 1.84. The molecule has 10 heteroatoms. The van der Waals surface area contributed by atoms with Crippen LogP contribution in [0, 0.1) is 11.3 Å². The van der Waals surface area contributed by atoms with Gasteiger partial charge in [-0.05, 0) is 31.2 Å². The maximum Gasteiger partial charge on any atom is 0.192 e. The number of aliphatic hydroxyl groups is 1. The van der Waals surface area contributed by atoms with E-state index in [1.54, 1.807) is 0 Å². The SMILES string of the molecule is CC(Sc1nnc(C2COc3ccccc3O2)n1C)/C(O)=C(\C#N)c1nc2ccccc2s1. The lowest BCUT2D eigenvalue weighted by Gasteiger charge is -2.25. The maximum absolute atomic E-state index is 10.9. The summed E-state index contributed by atoms with van der Waals surface area (Å²) >= 11 is 2.68. The zero-order valence-electron chi connectivity index (χ0n) is 17.8. The first-order chi connectivity index (χ1) is 16.0. The molecule has 2 aromatic carbocycles. The van der Waals surface area contributed by atoms with Crippen LogP contribution in [0.4, 0.5) is 0 Å². The van der Waals surface area contributed by atoms with Crippen LogP contribution in [0.3, 0.4) is 0 Å². The standard InChI is InChI=1S/C23H19N5O3S2/c1-13(20(29)14(11-24)22-25-15-7-3-6-10-19(15)33-22)32-23-27-26-21(28(23)2)18-12-30-16-8-4-5-9-17(16)31-18/h3-10,13,18,29H,12H2,1-2H3/b20-14-. The fourth-order valence-corrected chi connectivity index (χ4v) is 5.32. The Balaban J connectivity index is 1.37. The molecule has 0 saturated heterocycles. The van der Waals surface area contributed by atoms with Crippen molar-refractivity contribution in [2.24, 2.45) is 7.05 Å². The fourth-order valence-electron chi connectivity index (χ4n) is 3.47. The van der Waals surface area contributed by atoms with Crippen LogP contribution in [0.2, 0.25) is 0 Å². The third kappa shape index (κ3) is 4.01. The topological polar surface area (TPSA) is 106 Å². The van der Waals surface area contributed by atoms with E-state index in [1.165, 1.54) is 23.1 Å². The molecule has 0 saturated carbocycles. The molecule has 5 rings (SSSR count). The Morgan fingerprint density at radius 2 is 1.97 bits per heavy atom. The summed E-state index contributed by atoms with van der Waals surface area (Å²) in [5, 5.41) is 29.8. The number of aromatic nitrogens is 4. The monoisotopic (exact) mass is 477 g/mol. The Kier molecular flexibility index (Phi) is 5.66. The lowest BCUT2D eigenvalue weighted by Crippen LogP contribution is -2.24. The minimum atomic E-state index is -0.438. The van der Waals surface area contributed by atoms with Gasteiger partial charge >= 0.3 is 0 Å². The molecule has 3 heterocycles. The van der Waals surface area contributed by atoms with E-state index >= 15 is 0 Å². The van der Waals surface area contributed by atoms with Crippen molar-refractivity contribution < 1.29 is 14.6 Å². The first-order valence-corrected chi connectivity index (χ1v) is 11.9. The van der Waals surface area contributed by atoms with Gasteiger partial charge in [-0.3, -0.25) is 0 Å². The minimum absolute atomic E-state index is 0.0442. The summed E-state index contributed by atoms with van der Waals surface area (Å²) in [6.07, 6.45) is -0.399. The number of para-hydroxylation sites is 3. The molecular weight excluding hydrogens is 458 g/mol. The third-order valence-electron chi connectivity index (χ3n) is 5.21. The van der Waals surface area contributed by atoms with Gasteiger partial charge in [0.25, 0.3) is 0 Å². The number of nitriles is 1. The molecule has 8 nitrogen and oxygen atoms in total. The largest absolute Gasteiger partial charge is 0.510 e. The highest BCUT2D eigenvalue weighted by Gasteiger charge is 2.28. The van der Waals surface area contributed by atoms with Crippen molar-refractivity contribution >= 4 is 38.9 Å². The molecule has 2 aromatic heterocycles. The molecular formula is C23H19N5O3S2. The van der Waals surface area contributed by atoms with Crippen LogP contribution >= 0.6 is 23.1 Å². The van der Waals surface area contributed by atoms with Crippen molar-refractivity contribution in [3.8, 4) is 17.6 Å². The van der Waals surface area contributed by atoms with Crippen LogP contribution in [-0.2, 0) is 7.05 Å². The van der Waals surface area contributed by atoms with Gasteiger partial charge in [-0.1, -0.05) is 36.0 Å². The van der Waals surface area contributed by atoms with Gasteiger partial charge in [0, 0.05) is 7.05 Å². The molecule has 2 atom stereocenters. The normalized spacial score (nSPS) is 16.8. The van der Waals surface area contributed by atoms with Crippen molar-refractivity contribution in [1.29, 1.82) is 5.26 Å². The fraction of sp³-hybridized carbons (Fsp3) is 0.217. The van der Waals surface area contributed by atoms with Gasteiger partial charge in [0.1, 0.15) is 29.0 Å². The quantitative estimate of drug-likeness (QED) is 0.245. The number of hydrogen-bond donors (Lipinski definition) is 1. The average molecular weight is 478 g/mol. The number of nitrogens with zero attached hydrogens (tertiary/aromatic N) is 5. The van der Waals surface area contributed by atoms with Crippen LogP contribution < -0.4 is 9.47 Å². The van der Waals surface area contributed by atoms with E-state index in [-0.39, 0.29) is 11.3 Å². The summed E-state index contributed by atoms with van der Waals surface area (Å²) in [4.78, 5) is 4.50. The Labute approximate surface area is 198 Å². The van der Waals surface area contributed by atoms with Gasteiger partial charge in [-0.25, -0.2) is 4.98 Å². The van der Waals surface area contributed by atoms with Crippen LogP contribution in [-0.4, -0.2) is 36.7 Å². The Bertz CT molecular complexity index is 1370. The van der Waals surface area contributed by atoms with Gasteiger partial charge in [0.15, 0.2) is 28.6 Å². The lowest BCUT2D eigenvalue weighted by atomic mass is 10.2. The second-order valence-electron chi connectivity index (χ2n) is 7.38. The molecule has 0 fully saturated rings. The molecule has 1 aliphatic rings. The molecule has 4 aromatic rings.